The van der Waals surface area contributed by atoms with E-state index in [0.29, 0.717) is 0 Å². The van der Waals surface area contributed by atoms with Crippen LogP contribution in [0.5, 0.6) is 5.75 Å². The third-order valence-corrected chi connectivity index (χ3v) is 1.87. The molecule has 0 aliphatic rings. The Balaban J connectivity index is 3.40. The van der Waals surface area contributed by atoms with Crippen LogP contribution in [0, 0.1) is 22.7 Å². The van der Waals surface area contributed by atoms with E-state index in [-0.39, 0.29) is 23.4 Å². The van der Waals surface area contributed by atoms with Gasteiger partial charge in [-0.1, -0.05) is 0 Å². The number of aromatic nitrogens is 1. The van der Waals surface area contributed by atoms with Gasteiger partial charge in [0.2, 0.25) is 0 Å². The van der Waals surface area contributed by atoms with E-state index in [1.165, 1.54) is 7.11 Å². The highest BCUT2D eigenvalue weighted by Crippen LogP contribution is 2.27. The number of nitriles is 2. The van der Waals surface area contributed by atoms with Crippen LogP contribution in [0.4, 0.5) is 8.78 Å². The van der Waals surface area contributed by atoms with E-state index in [1.807, 2.05) is 6.07 Å². The van der Waals surface area contributed by atoms with Crippen LogP contribution in [0.1, 0.15) is 23.4 Å². The second-order valence-corrected chi connectivity index (χ2v) is 2.84. The molecule has 0 aliphatic heterocycles. The van der Waals surface area contributed by atoms with Crippen molar-refractivity contribution in [2.24, 2.45) is 0 Å². The first-order valence-electron chi connectivity index (χ1n) is 4.27. The predicted octanol–water partition coefficient (Wildman–Crippen LogP) is 1.97. The lowest BCUT2D eigenvalue weighted by atomic mass is 10.1. The number of nitrogens with zero attached hydrogens (tertiary/aromatic N) is 3. The van der Waals surface area contributed by atoms with E-state index in [1.54, 1.807) is 6.07 Å². The van der Waals surface area contributed by atoms with Crippen molar-refractivity contribution in [1.29, 1.82) is 10.5 Å². The summed E-state index contributed by atoms with van der Waals surface area (Å²) in [5, 5.41) is 17.3. The number of hydrogen-bond acceptors (Lipinski definition) is 4. The van der Waals surface area contributed by atoms with Gasteiger partial charge in [-0.2, -0.15) is 10.5 Å². The van der Waals surface area contributed by atoms with Crippen LogP contribution >= 0.6 is 0 Å². The van der Waals surface area contributed by atoms with Gasteiger partial charge in [0.15, 0.2) is 11.4 Å². The Bertz CT molecular complexity index is 474. The summed E-state index contributed by atoms with van der Waals surface area (Å²) in [6, 6.07) is 4.55. The molecule has 0 radical (unpaired) electrons. The van der Waals surface area contributed by atoms with E-state index < -0.39 is 12.1 Å². The molecule has 0 saturated heterocycles. The maximum atomic E-state index is 12.4. The second-order valence-electron chi connectivity index (χ2n) is 2.84. The third-order valence-electron chi connectivity index (χ3n) is 1.87. The van der Waals surface area contributed by atoms with Crippen LogP contribution in [0.3, 0.4) is 0 Å². The lowest BCUT2D eigenvalue weighted by molar-refractivity contribution is 0.145. The molecule has 0 spiro atoms. The maximum absolute atomic E-state index is 12.4. The Hall–Kier alpha value is -2.21. The predicted molar refractivity (Wildman–Crippen MR) is 49.8 cm³/mol. The van der Waals surface area contributed by atoms with Crippen molar-refractivity contribution in [2.45, 2.75) is 12.8 Å². The number of alkyl halides is 2. The van der Waals surface area contributed by atoms with Gasteiger partial charge in [0.25, 0.3) is 6.43 Å². The van der Waals surface area contributed by atoms with Crippen molar-refractivity contribution < 1.29 is 13.5 Å². The Morgan fingerprint density at radius 1 is 1.50 bits per heavy atom. The van der Waals surface area contributed by atoms with E-state index in [4.69, 9.17) is 15.3 Å². The van der Waals surface area contributed by atoms with Gasteiger partial charge in [-0.05, 0) is 6.07 Å². The van der Waals surface area contributed by atoms with Crippen LogP contribution in [0.2, 0.25) is 0 Å². The number of methoxy groups -OCH3 is 1. The SMILES string of the molecule is COc1c(CC#N)cc(C(F)F)nc1C#N. The van der Waals surface area contributed by atoms with Crippen molar-refractivity contribution in [3.8, 4) is 17.9 Å². The van der Waals surface area contributed by atoms with E-state index in [2.05, 4.69) is 4.98 Å². The van der Waals surface area contributed by atoms with Crippen molar-refractivity contribution in [2.75, 3.05) is 7.11 Å². The fourth-order valence-corrected chi connectivity index (χ4v) is 1.24. The van der Waals surface area contributed by atoms with E-state index in [0.717, 1.165) is 6.07 Å². The Morgan fingerprint density at radius 3 is 2.62 bits per heavy atom. The fraction of sp³-hybridized carbons (Fsp3) is 0.300. The van der Waals surface area contributed by atoms with Gasteiger partial charge < -0.3 is 4.74 Å². The highest BCUT2D eigenvalue weighted by atomic mass is 19.3. The summed E-state index contributed by atoms with van der Waals surface area (Å²) in [7, 11) is 1.29. The van der Waals surface area contributed by atoms with Crippen LogP contribution < -0.4 is 4.74 Å². The molecule has 0 amide bonds. The molecule has 0 bridgehead atoms. The van der Waals surface area contributed by atoms with Gasteiger partial charge in [0, 0.05) is 5.56 Å². The van der Waals surface area contributed by atoms with Gasteiger partial charge >= 0.3 is 0 Å². The highest BCUT2D eigenvalue weighted by Gasteiger charge is 2.17. The summed E-state index contributed by atoms with van der Waals surface area (Å²) >= 11 is 0. The zero-order chi connectivity index (χ0) is 12.1. The summed E-state index contributed by atoms with van der Waals surface area (Å²) in [6.07, 6.45) is -2.89. The van der Waals surface area contributed by atoms with Crippen molar-refractivity contribution >= 4 is 0 Å². The Labute approximate surface area is 90.7 Å². The topological polar surface area (TPSA) is 69.7 Å². The first kappa shape index (κ1) is 11.9. The number of hydrogen-bond donors (Lipinski definition) is 0. The van der Waals surface area contributed by atoms with Crippen LogP contribution in [-0.2, 0) is 6.42 Å². The Morgan fingerprint density at radius 2 is 2.19 bits per heavy atom. The third kappa shape index (κ3) is 2.23. The summed E-state index contributed by atoms with van der Waals surface area (Å²) in [5.41, 5.74) is -0.514. The molecule has 0 unspecified atom stereocenters. The van der Waals surface area contributed by atoms with Gasteiger partial charge in [-0.15, -0.1) is 0 Å². The number of halogens is 2. The second kappa shape index (κ2) is 5.04. The molecule has 6 heteroatoms. The molecule has 0 aromatic carbocycles. The minimum atomic E-state index is -2.78. The van der Waals surface area contributed by atoms with Crippen molar-refractivity contribution in [3.63, 3.8) is 0 Å². The molecular weight excluding hydrogens is 216 g/mol. The van der Waals surface area contributed by atoms with E-state index in [9.17, 15) is 8.78 Å². The number of ether oxygens (including phenoxy) is 1. The van der Waals surface area contributed by atoms with Crippen LogP contribution in [-0.4, -0.2) is 12.1 Å². The first-order valence-corrected chi connectivity index (χ1v) is 4.27. The minimum Gasteiger partial charge on any atom is -0.493 e. The molecule has 4 nitrogen and oxygen atoms in total. The molecule has 0 aliphatic carbocycles. The molecule has 0 atom stereocenters. The molecule has 16 heavy (non-hydrogen) atoms. The summed E-state index contributed by atoms with van der Waals surface area (Å²) < 4.78 is 29.8. The lowest BCUT2D eigenvalue weighted by Gasteiger charge is -2.09. The Kier molecular flexibility index (Phi) is 3.73. The minimum absolute atomic E-state index is 0.0773. The number of rotatable bonds is 3. The van der Waals surface area contributed by atoms with Crippen molar-refractivity contribution in [3.05, 3.63) is 23.0 Å². The van der Waals surface area contributed by atoms with Crippen molar-refractivity contribution in [1.82, 2.24) is 4.98 Å². The van der Waals surface area contributed by atoms with Crippen LogP contribution in [0.25, 0.3) is 0 Å². The molecule has 1 aromatic rings. The standard InChI is InChI=1S/C10H7F2N3O/c1-16-9-6(2-3-13)4-7(10(11)12)15-8(9)5-14/h4,10H,2H2,1H3. The molecule has 1 rings (SSSR count). The van der Waals surface area contributed by atoms with Gasteiger partial charge in [-0.25, -0.2) is 13.8 Å². The molecule has 0 fully saturated rings. The number of pyridine rings is 1. The largest absolute Gasteiger partial charge is 0.493 e. The fourth-order valence-electron chi connectivity index (χ4n) is 1.24. The molecule has 82 valence electrons. The summed E-state index contributed by atoms with van der Waals surface area (Å²) in [4.78, 5) is 3.46. The van der Waals surface area contributed by atoms with Gasteiger partial charge in [0.1, 0.15) is 11.8 Å². The first-order chi connectivity index (χ1) is 7.63. The molecule has 1 heterocycles. The summed E-state index contributed by atoms with van der Waals surface area (Å²) in [6.45, 7) is 0. The normalized spacial score (nSPS) is 9.62. The molecular formula is C10H7F2N3O. The summed E-state index contributed by atoms with van der Waals surface area (Å²) in [5.74, 6) is 0.0773. The average molecular weight is 223 g/mol. The molecule has 0 saturated carbocycles. The quantitative estimate of drug-likeness (QED) is 0.785. The molecule has 1 aromatic heterocycles. The lowest BCUT2D eigenvalue weighted by Crippen LogP contribution is -2.02. The van der Waals surface area contributed by atoms with E-state index >= 15 is 0 Å². The van der Waals surface area contributed by atoms with Gasteiger partial charge in [-0.3, -0.25) is 0 Å². The monoisotopic (exact) mass is 223 g/mol. The van der Waals surface area contributed by atoms with Crippen LogP contribution in [0.15, 0.2) is 6.07 Å². The molecule has 0 N–H and O–H groups in total. The van der Waals surface area contributed by atoms with Gasteiger partial charge in [0.05, 0.1) is 19.6 Å². The highest BCUT2D eigenvalue weighted by molar-refractivity contribution is 5.46. The smallest absolute Gasteiger partial charge is 0.280 e. The zero-order valence-corrected chi connectivity index (χ0v) is 8.37. The maximum Gasteiger partial charge on any atom is 0.280 e. The average Bonchev–Trinajstić information content (AvgIpc) is 2.28. The zero-order valence-electron chi connectivity index (χ0n) is 8.37.